The minimum absolute atomic E-state index is 0.192. The summed E-state index contributed by atoms with van der Waals surface area (Å²) in [5, 5.41) is 6.41. The van der Waals surface area contributed by atoms with Crippen LogP contribution >= 0.6 is 0 Å². The van der Waals surface area contributed by atoms with Gasteiger partial charge < -0.3 is 10.6 Å². The Morgan fingerprint density at radius 1 is 1.28 bits per heavy atom. The summed E-state index contributed by atoms with van der Waals surface area (Å²) in [6.07, 6.45) is 4.35. The fourth-order valence-corrected chi connectivity index (χ4v) is 2.59. The molecule has 2 fully saturated rings. The number of benzene rings is 1. The van der Waals surface area contributed by atoms with Gasteiger partial charge in [0.05, 0.1) is 0 Å². The zero-order valence-electron chi connectivity index (χ0n) is 10.6. The molecule has 3 heteroatoms. The van der Waals surface area contributed by atoms with Crippen LogP contribution in [0.1, 0.15) is 42.7 Å². The monoisotopic (exact) mass is 244 g/mol. The van der Waals surface area contributed by atoms with Crippen LogP contribution in [-0.2, 0) is 11.3 Å². The zero-order chi connectivity index (χ0) is 12.4. The second kappa shape index (κ2) is 5.11. The van der Waals surface area contributed by atoms with E-state index in [9.17, 15) is 4.79 Å². The molecule has 1 heterocycles. The molecule has 18 heavy (non-hydrogen) atoms. The Hall–Kier alpha value is -1.35. The minimum Gasteiger partial charge on any atom is -0.352 e. The van der Waals surface area contributed by atoms with Gasteiger partial charge in [-0.3, -0.25) is 4.79 Å². The number of carbonyl (C=O) groups is 1. The van der Waals surface area contributed by atoms with Crippen LogP contribution in [0.15, 0.2) is 24.3 Å². The highest BCUT2D eigenvalue weighted by atomic mass is 16.1. The van der Waals surface area contributed by atoms with Gasteiger partial charge in [-0.25, -0.2) is 0 Å². The van der Waals surface area contributed by atoms with Crippen molar-refractivity contribution in [1.82, 2.24) is 10.6 Å². The first-order valence-electron chi connectivity index (χ1n) is 6.90. The van der Waals surface area contributed by atoms with E-state index in [1.165, 1.54) is 24.0 Å². The predicted octanol–water partition coefficient (Wildman–Crippen LogP) is 1.93. The van der Waals surface area contributed by atoms with E-state index in [0.29, 0.717) is 12.5 Å². The van der Waals surface area contributed by atoms with Crippen molar-refractivity contribution < 1.29 is 4.79 Å². The van der Waals surface area contributed by atoms with Crippen LogP contribution < -0.4 is 10.6 Å². The first kappa shape index (κ1) is 11.7. The normalized spacial score (nSPS) is 23.1. The Labute approximate surface area is 108 Å². The molecule has 1 aromatic rings. The first-order chi connectivity index (χ1) is 8.81. The molecule has 0 spiro atoms. The van der Waals surface area contributed by atoms with E-state index in [0.717, 1.165) is 25.4 Å². The summed E-state index contributed by atoms with van der Waals surface area (Å²) >= 11 is 0. The van der Waals surface area contributed by atoms with Crippen LogP contribution in [0.2, 0.25) is 0 Å². The molecule has 1 aliphatic heterocycles. The average Bonchev–Trinajstić information content (AvgIpc) is 3.14. The van der Waals surface area contributed by atoms with Gasteiger partial charge in [0, 0.05) is 25.6 Å². The van der Waals surface area contributed by atoms with Crippen molar-refractivity contribution in [2.45, 2.75) is 44.2 Å². The third-order valence-electron chi connectivity index (χ3n) is 3.80. The molecule has 1 aromatic carbocycles. The van der Waals surface area contributed by atoms with Crippen molar-refractivity contribution in [3.8, 4) is 0 Å². The van der Waals surface area contributed by atoms with E-state index in [4.69, 9.17) is 0 Å². The van der Waals surface area contributed by atoms with Crippen molar-refractivity contribution in [3.05, 3.63) is 35.4 Å². The van der Waals surface area contributed by atoms with Crippen LogP contribution in [0.4, 0.5) is 0 Å². The van der Waals surface area contributed by atoms with Crippen molar-refractivity contribution in [2.24, 2.45) is 0 Å². The molecule has 1 amide bonds. The van der Waals surface area contributed by atoms with Crippen molar-refractivity contribution >= 4 is 5.91 Å². The highest BCUT2D eigenvalue weighted by molar-refractivity contribution is 5.78. The molecular weight excluding hydrogens is 224 g/mol. The topological polar surface area (TPSA) is 41.1 Å². The Morgan fingerprint density at radius 2 is 2.17 bits per heavy atom. The Morgan fingerprint density at radius 3 is 2.89 bits per heavy atom. The van der Waals surface area contributed by atoms with Crippen LogP contribution in [0, 0.1) is 0 Å². The van der Waals surface area contributed by atoms with Gasteiger partial charge in [0.2, 0.25) is 5.91 Å². The summed E-state index contributed by atoms with van der Waals surface area (Å²) in [5.74, 6) is 1.01. The molecule has 1 saturated heterocycles. The summed E-state index contributed by atoms with van der Waals surface area (Å²) in [5.41, 5.74) is 2.84. The number of carbonyl (C=O) groups excluding carboxylic acids is 1. The van der Waals surface area contributed by atoms with E-state index in [1.807, 2.05) is 0 Å². The van der Waals surface area contributed by atoms with Crippen LogP contribution in [0.3, 0.4) is 0 Å². The van der Waals surface area contributed by atoms with Gasteiger partial charge in [-0.1, -0.05) is 24.3 Å². The highest BCUT2D eigenvalue weighted by Crippen LogP contribution is 2.40. The van der Waals surface area contributed by atoms with Gasteiger partial charge in [-0.15, -0.1) is 0 Å². The number of rotatable bonds is 5. The Kier molecular flexibility index (Phi) is 3.33. The lowest BCUT2D eigenvalue weighted by Gasteiger charge is -2.11. The Bertz CT molecular complexity index is 440. The number of nitrogens with one attached hydrogen (secondary N) is 2. The van der Waals surface area contributed by atoms with E-state index in [-0.39, 0.29) is 5.91 Å². The number of hydrogen-bond acceptors (Lipinski definition) is 2. The quantitative estimate of drug-likeness (QED) is 0.831. The SMILES string of the molecule is O=C1CCC(CNCc2cccc(C3CC3)c2)N1. The summed E-state index contributed by atoms with van der Waals surface area (Å²) in [4.78, 5) is 11.1. The van der Waals surface area contributed by atoms with Crippen molar-refractivity contribution in [1.29, 1.82) is 0 Å². The summed E-state index contributed by atoms with van der Waals surface area (Å²) in [6, 6.07) is 9.20. The molecule has 0 bridgehead atoms. The highest BCUT2D eigenvalue weighted by Gasteiger charge is 2.23. The molecule has 1 saturated carbocycles. The van der Waals surface area contributed by atoms with E-state index >= 15 is 0 Å². The maximum atomic E-state index is 11.1. The van der Waals surface area contributed by atoms with Gasteiger partial charge in [0.1, 0.15) is 0 Å². The second-order valence-corrected chi connectivity index (χ2v) is 5.45. The van der Waals surface area contributed by atoms with Crippen LogP contribution in [-0.4, -0.2) is 18.5 Å². The molecule has 0 aromatic heterocycles. The standard InChI is InChI=1S/C15H20N2O/c18-15-7-6-14(17-15)10-16-9-11-2-1-3-13(8-11)12-4-5-12/h1-3,8,12,14,16H,4-7,9-10H2,(H,17,18). The average molecular weight is 244 g/mol. The lowest BCUT2D eigenvalue weighted by atomic mass is 10.1. The van der Waals surface area contributed by atoms with Crippen LogP contribution in [0.5, 0.6) is 0 Å². The van der Waals surface area contributed by atoms with Crippen LogP contribution in [0.25, 0.3) is 0 Å². The Balaban J connectivity index is 1.47. The summed E-state index contributed by atoms with van der Waals surface area (Å²) in [6.45, 7) is 1.77. The summed E-state index contributed by atoms with van der Waals surface area (Å²) < 4.78 is 0. The smallest absolute Gasteiger partial charge is 0.220 e. The first-order valence-corrected chi connectivity index (χ1v) is 6.90. The number of amides is 1. The van der Waals surface area contributed by atoms with Gasteiger partial charge in [0.15, 0.2) is 0 Å². The largest absolute Gasteiger partial charge is 0.352 e. The van der Waals surface area contributed by atoms with Crippen molar-refractivity contribution in [2.75, 3.05) is 6.54 Å². The van der Waals surface area contributed by atoms with E-state index in [1.54, 1.807) is 0 Å². The molecule has 1 unspecified atom stereocenters. The summed E-state index contributed by atoms with van der Waals surface area (Å²) in [7, 11) is 0. The van der Waals surface area contributed by atoms with Gasteiger partial charge in [-0.2, -0.15) is 0 Å². The molecular formula is C15H20N2O. The number of hydrogen-bond donors (Lipinski definition) is 2. The molecule has 96 valence electrons. The van der Waals surface area contributed by atoms with Gasteiger partial charge >= 0.3 is 0 Å². The molecule has 0 radical (unpaired) electrons. The molecule has 1 aliphatic carbocycles. The molecule has 2 N–H and O–H groups in total. The molecule has 1 atom stereocenters. The third-order valence-corrected chi connectivity index (χ3v) is 3.80. The molecule has 2 aliphatic rings. The lowest BCUT2D eigenvalue weighted by molar-refractivity contribution is -0.119. The maximum absolute atomic E-state index is 11.1. The third kappa shape index (κ3) is 2.91. The van der Waals surface area contributed by atoms with E-state index in [2.05, 4.69) is 34.9 Å². The predicted molar refractivity (Wildman–Crippen MR) is 71.3 cm³/mol. The zero-order valence-corrected chi connectivity index (χ0v) is 10.6. The molecule has 3 nitrogen and oxygen atoms in total. The maximum Gasteiger partial charge on any atom is 0.220 e. The minimum atomic E-state index is 0.192. The fourth-order valence-electron chi connectivity index (χ4n) is 2.59. The van der Waals surface area contributed by atoms with Crippen molar-refractivity contribution in [3.63, 3.8) is 0 Å². The lowest BCUT2D eigenvalue weighted by Crippen LogP contribution is -2.35. The molecule has 3 rings (SSSR count). The fraction of sp³-hybridized carbons (Fsp3) is 0.533. The van der Waals surface area contributed by atoms with Gasteiger partial charge in [-0.05, 0) is 36.3 Å². The van der Waals surface area contributed by atoms with Gasteiger partial charge in [0.25, 0.3) is 0 Å². The van der Waals surface area contributed by atoms with E-state index < -0.39 is 0 Å². The second-order valence-electron chi connectivity index (χ2n) is 5.45.